The molecule has 6 nitrogen and oxygen atoms in total. The Labute approximate surface area is 147 Å². The van der Waals surface area contributed by atoms with E-state index in [9.17, 15) is 9.36 Å². The molecule has 0 bridgehead atoms. The Hall–Kier alpha value is -0.260. The molecule has 0 spiro atoms. The Bertz CT molecular complexity index is 369. The first-order valence-electron chi connectivity index (χ1n) is 8.90. The highest BCUT2D eigenvalue weighted by Crippen LogP contribution is 2.49. The van der Waals surface area contributed by atoms with Gasteiger partial charge in [-0.3, -0.25) is 18.4 Å². The van der Waals surface area contributed by atoms with Gasteiger partial charge in [0.25, 0.3) is 0 Å². The lowest BCUT2D eigenvalue weighted by Gasteiger charge is -2.21. The van der Waals surface area contributed by atoms with Crippen LogP contribution in [0.2, 0.25) is 0 Å². The van der Waals surface area contributed by atoms with E-state index < -0.39 is 13.2 Å². The van der Waals surface area contributed by atoms with Gasteiger partial charge in [-0.25, -0.2) is 4.57 Å². The lowest BCUT2D eigenvalue weighted by Crippen LogP contribution is -2.27. The second-order valence-corrected chi connectivity index (χ2v) is 8.17. The van der Waals surface area contributed by atoms with Gasteiger partial charge in [-0.05, 0) is 26.2 Å². The third-order valence-electron chi connectivity index (χ3n) is 3.59. The number of hydrogen-bond donors (Lipinski definition) is 0. The number of carbonyl (C=O) groups excluding carboxylic acids is 1. The molecule has 0 aromatic rings. The monoisotopic (exact) mass is 366 g/mol. The van der Waals surface area contributed by atoms with Gasteiger partial charge < -0.3 is 4.74 Å². The van der Waals surface area contributed by atoms with E-state index in [-0.39, 0.29) is 12.4 Å². The highest BCUT2D eigenvalue weighted by molar-refractivity contribution is 7.48. The smallest absolute Gasteiger partial charge is 0.380 e. The molecule has 0 unspecified atom stereocenters. The molecule has 0 saturated heterocycles. The van der Waals surface area contributed by atoms with E-state index in [1.54, 1.807) is 6.92 Å². The predicted octanol–water partition coefficient (Wildman–Crippen LogP) is 4.77. The van der Waals surface area contributed by atoms with Gasteiger partial charge in [0, 0.05) is 12.0 Å². The van der Waals surface area contributed by atoms with Crippen molar-refractivity contribution in [1.82, 2.24) is 0 Å². The normalized spacial score (nSPS) is 12.5. The summed E-state index contributed by atoms with van der Waals surface area (Å²) in [5.41, 5.74) is -0.483. The first-order chi connectivity index (χ1) is 11.3. The maximum Gasteiger partial charge on any atom is 0.474 e. The number of phosphoric acid groups is 1. The van der Waals surface area contributed by atoms with E-state index >= 15 is 0 Å². The Balaban J connectivity index is 4.08. The van der Waals surface area contributed by atoms with Gasteiger partial charge in [0.05, 0.1) is 26.4 Å². The summed E-state index contributed by atoms with van der Waals surface area (Å²) in [5.74, 6) is 0.0944. The fourth-order valence-electron chi connectivity index (χ4n) is 1.52. The number of ether oxygens (including phenoxy) is 1. The third-order valence-corrected chi connectivity index (χ3v) is 5.09. The number of Topliss-reactive ketones (excluding diaryl/α,β-unsaturated/α-hetero) is 1. The zero-order valence-corrected chi connectivity index (χ0v) is 16.9. The molecule has 7 heteroatoms. The Morgan fingerprint density at radius 3 is 1.75 bits per heavy atom. The molecule has 0 amide bonds. The van der Waals surface area contributed by atoms with Crippen LogP contribution in [-0.4, -0.2) is 38.8 Å². The summed E-state index contributed by atoms with van der Waals surface area (Å²) < 4.78 is 34.0. The van der Waals surface area contributed by atoms with E-state index in [0.29, 0.717) is 32.8 Å². The molecule has 0 atom stereocenters. The van der Waals surface area contributed by atoms with Gasteiger partial charge in [-0.15, -0.1) is 0 Å². The highest BCUT2D eigenvalue weighted by atomic mass is 31.2. The molecule has 144 valence electrons. The quantitative estimate of drug-likeness (QED) is 0.289. The zero-order chi connectivity index (χ0) is 18.5. The number of rotatable bonds is 16. The van der Waals surface area contributed by atoms with Gasteiger partial charge in [0.1, 0.15) is 5.78 Å². The highest BCUT2D eigenvalue weighted by Gasteiger charge is 2.26. The van der Waals surface area contributed by atoms with Crippen LogP contribution < -0.4 is 0 Å². The SMILES string of the molecule is CCCCOP(=O)(OCCCC)OCCCOCC(C)(C)C(C)=O. The minimum absolute atomic E-state index is 0.0944. The van der Waals surface area contributed by atoms with Crippen molar-refractivity contribution in [1.29, 1.82) is 0 Å². The van der Waals surface area contributed by atoms with Crippen LogP contribution >= 0.6 is 7.82 Å². The van der Waals surface area contributed by atoms with E-state index in [2.05, 4.69) is 0 Å². The van der Waals surface area contributed by atoms with Crippen LogP contribution in [0.1, 0.15) is 66.7 Å². The lowest BCUT2D eigenvalue weighted by molar-refractivity contribution is -0.128. The number of unbranched alkanes of at least 4 members (excludes halogenated alkanes) is 2. The second kappa shape index (κ2) is 13.0. The van der Waals surface area contributed by atoms with Crippen LogP contribution in [0.5, 0.6) is 0 Å². The fourth-order valence-corrected chi connectivity index (χ4v) is 2.80. The van der Waals surface area contributed by atoms with E-state index in [4.69, 9.17) is 18.3 Å². The standard InChI is InChI=1S/C17H35O6P/c1-6-8-12-21-24(19,22-13-9-7-2)23-14-10-11-20-15-17(4,5)16(3)18/h6-15H2,1-5H3. The van der Waals surface area contributed by atoms with E-state index in [0.717, 1.165) is 25.7 Å². The fraction of sp³-hybridized carbons (Fsp3) is 0.941. The van der Waals surface area contributed by atoms with Crippen LogP contribution in [0, 0.1) is 5.41 Å². The molecule has 0 aliphatic rings. The first kappa shape index (κ1) is 23.7. The van der Waals surface area contributed by atoms with Crippen LogP contribution in [0.3, 0.4) is 0 Å². The van der Waals surface area contributed by atoms with Crippen molar-refractivity contribution in [2.24, 2.45) is 5.41 Å². The minimum Gasteiger partial charge on any atom is -0.380 e. The van der Waals surface area contributed by atoms with Crippen LogP contribution in [0.25, 0.3) is 0 Å². The van der Waals surface area contributed by atoms with Crippen molar-refractivity contribution in [2.45, 2.75) is 66.7 Å². The topological polar surface area (TPSA) is 71.1 Å². The van der Waals surface area contributed by atoms with Crippen LogP contribution in [0.4, 0.5) is 0 Å². The molecule has 0 fully saturated rings. The first-order valence-corrected chi connectivity index (χ1v) is 10.4. The molecule has 0 heterocycles. The molecule has 0 aliphatic heterocycles. The average Bonchev–Trinajstić information content (AvgIpc) is 2.51. The molecular formula is C17H35O6P. The van der Waals surface area contributed by atoms with Gasteiger partial charge >= 0.3 is 7.82 Å². The van der Waals surface area contributed by atoms with Gasteiger partial charge in [-0.2, -0.15) is 0 Å². The number of hydrogen-bond acceptors (Lipinski definition) is 6. The van der Waals surface area contributed by atoms with Gasteiger partial charge in [0.2, 0.25) is 0 Å². The van der Waals surface area contributed by atoms with E-state index in [1.807, 2.05) is 27.7 Å². The van der Waals surface area contributed by atoms with Crippen LogP contribution in [-0.2, 0) is 27.7 Å². The lowest BCUT2D eigenvalue weighted by atomic mass is 9.90. The van der Waals surface area contributed by atoms with Crippen molar-refractivity contribution >= 4 is 13.6 Å². The Morgan fingerprint density at radius 2 is 1.33 bits per heavy atom. The molecule has 0 saturated carbocycles. The molecule has 0 rings (SSSR count). The average molecular weight is 366 g/mol. The van der Waals surface area contributed by atoms with Crippen molar-refractivity contribution < 1.29 is 27.7 Å². The van der Waals surface area contributed by atoms with Crippen molar-refractivity contribution in [2.75, 3.05) is 33.0 Å². The largest absolute Gasteiger partial charge is 0.474 e. The number of ketones is 1. The molecule has 24 heavy (non-hydrogen) atoms. The summed E-state index contributed by atoms with van der Waals surface area (Å²) in [7, 11) is -3.49. The van der Waals surface area contributed by atoms with Crippen molar-refractivity contribution in [3.05, 3.63) is 0 Å². The number of carbonyl (C=O) groups is 1. The van der Waals surface area contributed by atoms with Crippen molar-refractivity contribution in [3.8, 4) is 0 Å². The molecule has 0 N–H and O–H groups in total. The summed E-state index contributed by atoms with van der Waals surface area (Å²) in [4.78, 5) is 11.4. The van der Waals surface area contributed by atoms with Gasteiger partial charge in [-0.1, -0.05) is 40.5 Å². The maximum atomic E-state index is 12.5. The zero-order valence-electron chi connectivity index (χ0n) is 16.0. The summed E-state index contributed by atoms with van der Waals surface area (Å²) in [6.07, 6.45) is 4.09. The molecule has 0 aromatic heterocycles. The summed E-state index contributed by atoms with van der Waals surface area (Å²) in [6, 6.07) is 0. The second-order valence-electron chi connectivity index (χ2n) is 6.50. The Kier molecular flexibility index (Phi) is 12.9. The maximum absolute atomic E-state index is 12.5. The Morgan fingerprint density at radius 1 is 0.875 bits per heavy atom. The summed E-state index contributed by atoms with van der Waals surface area (Å²) in [6.45, 7) is 11.1. The molecular weight excluding hydrogens is 331 g/mol. The summed E-state index contributed by atoms with van der Waals surface area (Å²) >= 11 is 0. The van der Waals surface area contributed by atoms with E-state index in [1.165, 1.54) is 0 Å². The minimum atomic E-state index is -3.49. The number of phosphoric ester groups is 1. The summed E-state index contributed by atoms with van der Waals surface area (Å²) in [5, 5.41) is 0. The van der Waals surface area contributed by atoms with Crippen LogP contribution in [0.15, 0.2) is 0 Å². The molecule has 0 aliphatic carbocycles. The molecule has 0 radical (unpaired) electrons. The van der Waals surface area contributed by atoms with Crippen molar-refractivity contribution in [3.63, 3.8) is 0 Å². The predicted molar refractivity (Wildman–Crippen MR) is 95.2 cm³/mol. The van der Waals surface area contributed by atoms with Gasteiger partial charge in [0.15, 0.2) is 0 Å². The third kappa shape index (κ3) is 11.3. The molecule has 0 aromatic carbocycles.